The number of amides is 3. The number of carbonyl (C=O) groups is 3. The van der Waals surface area contributed by atoms with E-state index < -0.39 is 0 Å². The smallest absolute Gasteiger partial charge is 0.277 e. The van der Waals surface area contributed by atoms with Gasteiger partial charge in [-0.15, -0.1) is 0 Å². The second-order valence-corrected chi connectivity index (χ2v) is 6.87. The van der Waals surface area contributed by atoms with E-state index in [2.05, 4.69) is 10.3 Å². The summed E-state index contributed by atoms with van der Waals surface area (Å²) in [5.74, 6) is -0.843. The first-order chi connectivity index (χ1) is 13.5. The highest BCUT2D eigenvalue weighted by Crippen LogP contribution is 2.30. The summed E-state index contributed by atoms with van der Waals surface area (Å²) in [6.07, 6.45) is 2.93. The lowest BCUT2D eigenvalue weighted by Crippen LogP contribution is -2.38. The van der Waals surface area contributed by atoms with Crippen LogP contribution in [0.4, 0.5) is 5.69 Å². The number of nitrogens with zero attached hydrogens (tertiary/aromatic N) is 3. The summed E-state index contributed by atoms with van der Waals surface area (Å²) in [4.78, 5) is 44.2. The highest BCUT2D eigenvalue weighted by molar-refractivity contribution is 6.19. The van der Waals surface area contributed by atoms with Crippen LogP contribution in [0.3, 0.4) is 0 Å². The summed E-state index contributed by atoms with van der Waals surface area (Å²) >= 11 is 0. The summed E-state index contributed by atoms with van der Waals surface area (Å²) in [5, 5.41) is 2.81. The standard InChI is InChI=1S/C21H20N4O3/c1-24-20(27)16-8-5-11-25(19(16)21(24)28)13-18(26)23-15-9-10-17(22-12-15)14-6-3-2-4-7-14/h2-4,6-7,9-10,12H,5,8,11,13H2,1H3,(H,23,26). The second-order valence-electron chi connectivity index (χ2n) is 6.87. The van der Waals surface area contributed by atoms with Crippen LogP contribution >= 0.6 is 0 Å². The minimum Gasteiger partial charge on any atom is -0.357 e. The fourth-order valence-electron chi connectivity index (χ4n) is 3.57. The van der Waals surface area contributed by atoms with E-state index in [9.17, 15) is 14.4 Å². The number of hydrogen-bond acceptors (Lipinski definition) is 5. The van der Waals surface area contributed by atoms with Gasteiger partial charge < -0.3 is 10.2 Å². The Hall–Kier alpha value is -3.48. The number of pyridine rings is 1. The van der Waals surface area contributed by atoms with Gasteiger partial charge in [-0.1, -0.05) is 30.3 Å². The maximum atomic E-state index is 12.5. The molecule has 0 radical (unpaired) electrons. The van der Waals surface area contributed by atoms with Crippen molar-refractivity contribution in [2.75, 3.05) is 25.5 Å². The molecule has 0 fully saturated rings. The highest BCUT2D eigenvalue weighted by atomic mass is 16.2. The number of nitrogens with one attached hydrogen (secondary N) is 1. The van der Waals surface area contributed by atoms with Gasteiger partial charge in [0.25, 0.3) is 11.8 Å². The van der Waals surface area contributed by atoms with E-state index in [1.165, 1.54) is 7.05 Å². The molecule has 7 nitrogen and oxygen atoms in total. The second kappa shape index (κ2) is 7.26. The zero-order chi connectivity index (χ0) is 19.7. The first-order valence-corrected chi connectivity index (χ1v) is 9.16. The Balaban J connectivity index is 1.43. The van der Waals surface area contributed by atoms with Gasteiger partial charge in [-0.3, -0.25) is 24.3 Å². The van der Waals surface area contributed by atoms with Crippen molar-refractivity contribution >= 4 is 23.4 Å². The number of imide groups is 1. The molecule has 7 heteroatoms. The normalized spacial score (nSPS) is 16.5. The molecule has 1 N–H and O–H groups in total. The summed E-state index contributed by atoms with van der Waals surface area (Å²) < 4.78 is 0. The van der Waals surface area contributed by atoms with Gasteiger partial charge in [0, 0.05) is 24.7 Å². The minimum absolute atomic E-state index is 0.0200. The lowest BCUT2D eigenvalue weighted by Gasteiger charge is -2.28. The Morgan fingerprint density at radius 3 is 2.61 bits per heavy atom. The van der Waals surface area contributed by atoms with E-state index in [0.717, 1.165) is 22.6 Å². The monoisotopic (exact) mass is 376 g/mol. The molecule has 3 amide bonds. The maximum Gasteiger partial charge on any atom is 0.277 e. The van der Waals surface area contributed by atoms with Crippen LogP contribution < -0.4 is 5.32 Å². The minimum atomic E-state index is -0.332. The molecule has 3 heterocycles. The van der Waals surface area contributed by atoms with E-state index in [0.29, 0.717) is 29.9 Å². The van der Waals surface area contributed by atoms with Gasteiger partial charge in [0.05, 0.1) is 24.1 Å². The molecule has 28 heavy (non-hydrogen) atoms. The van der Waals surface area contributed by atoms with Crippen molar-refractivity contribution in [1.29, 1.82) is 0 Å². The Morgan fingerprint density at radius 1 is 1.11 bits per heavy atom. The van der Waals surface area contributed by atoms with Crippen molar-refractivity contribution < 1.29 is 14.4 Å². The van der Waals surface area contributed by atoms with Crippen LogP contribution in [0.25, 0.3) is 11.3 Å². The lowest BCUT2D eigenvalue weighted by molar-refractivity contribution is -0.136. The molecule has 2 aliphatic heterocycles. The van der Waals surface area contributed by atoms with Crippen LogP contribution in [0.2, 0.25) is 0 Å². The number of rotatable bonds is 4. The number of likely N-dealkylation sites (N-methyl/N-ethyl adjacent to an activating group) is 1. The molecule has 0 bridgehead atoms. The van der Waals surface area contributed by atoms with Gasteiger partial charge >= 0.3 is 0 Å². The molecule has 1 aromatic heterocycles. The Morgan fingerprint density at radius 2 is 1.89 bits per heavy atom. The first kappa shape index (κ1) is 17.9. The van der Waals surface area contributed by atoms with Gasteiger partial charge in [-0.25, -0.2) is 0 Å². The third kappa shape index (κ3) is 3.26. The summed E-state index contributed by atoms with van der Waals surface area (Å²) in [5.41, 5.74) is 3.29. The number of benzene rings is 1. The van der Waals surface area contributed by atoms with Crippen LogP contribution in [0, 0.1) is 0 Å². The molecule has 0 spiro atoms. The summed E-state index contributed by atoms with van der Waals surface area (Å²) in [6.45, 7) is 0.594. The van der Waals surface area contributed by atoms with Gasteiger partial charge in [-0.2, -0.15) is 0 Å². The molecule has 1 aromatic carbocycles. The van der Waals surface area contributed by atoms with E-state index in [4.69, 9.17) is 0 Å². The number of anilines is 1. The zero-order valence-electron chi connectivity index (χ0n) is 15.5. The molecule has 0 atom stereocenters. The molecular weight excluding hydrogens is 356 g/mol. The first-order valence-electron chi connectivity index (χ1n) is 9.16. The average Bonchev–Trinajstić information content (AvgIpc) is 2.94. The summed E-state index contributed by atoms with van der Waals surface area (Å²) in [7, 11) is 1.47. The molecule has 0 aliphatic carbocycles. The Labute approximate surface area is 162 Å². The molecule has 0 saturated carbocycles. The molecule has 142 valence electrons. The van der Waals surface area contributed by atoms with Crippen molar-refractivity contribution in [2.24, 2.45) is 0 Å². The SMILES string of the molecule is CN1C(=O)C2=C(C1=O)N(CC(=O)Nc1ccc(-c3ccccc3)nc1)CCC2. The van der Waals surface area contributed by atoms with Crippen molar-refractivity contribution in [1.82, 2.24) is 14.8 Å². The number of carbonyl (C=O) groups excluding carboxylic acids is 3. The zero-order valence-corrected chi connectivity index (χ0v) is 15.5. The van der Waals surface area contributed by atoms with Crippen molar-refractivity contribution in [3.05, 3.63) is 59.9 Å². The predicted molar refractivity (Wildman–Crippen MR) is 104 cm³/mol. The molecule has 0 saturated heterocycles. The van der Waals surface area contributed by atoms with Crippen molar-refractivity contribution in [3.8, 4) is 11.3 Å². The average molecular weight is 376 g/mol. The van der Waals surface area contributed by atoms with Crippen LogP contribution in [0.1, 0.15) is 12.8 Å². The van der Waals surface area contributed by atoms with Crippen LogP contribution in [-0.2, 0) is 14.4 Å². The summed E-state index contributed by atoms with van der Waals surface area (Å²) in [6, 6.07) is 13.4. The predicted octanol–water partition coefficient (Wildman–Crippen LogP) is 2.04. The van der Waals surface area contributed by atoms with E-state index >= 15 is 0 Å². The Kier molecular flexibility index (Phi) is 4.65. The van der Waals surface area contributed by atoms with E-state index in [1.54, 1.807) is 17.2 Å². The lowest BCUT2D eigenvalue weighted by atomic mass is 10.0. The van der Waals surface area contributed by atoms with Gasteiger partial charge in [0.15, 0.2) is 0 Å². The fourth-order valence-corrected chi connectivity index (χ4v) is 3.57. The third-order valence-electron chi connectivity index (χ3n) is 4.98. The highest BCUT2D eigenvalue weighted by Gasteiger charge is 2.40. The van der Waals surface area contributed by atoms with Crippen LogP contribution in [0.15, 0.2) is 59.9 Å². The van der Waals surface area contributed by atoms with Crippen molar-refractivity contribution in [3.63, 3.8) is 0 Å². The number of aromatic nitrogens is 1. The third-order valence-corrected chi connectivity index (χ3v) is 4.98. The van der Waals surface area contributed by atoms with Crippen molar-refractivity contribution in [2.45, 2.75) is 12.8 Å². The van der Waals surface area contributed by atoms with Gasteiger partial charge in [0.1, 0.15) is 5.70 Å². The molecule has 2 aliphatic rings. The molecule has 0 unspecified atom stereocenters. The molecular formula is C21H20N4O3. The molecule has 4 rings (SSSR count). The largest absolute Gasteiger partial charge is 0.357 e. The maximum absolute atomic E-state index is 12.5. The van der Waals surface area contributed by atoms with Crippen LogP contribution in [-0.4, -0.2) is 52.6 Å². The quantitative estimate of drug-likeness (QED) is 0.826. The fraction of sp³-hybridized carbons (Fsp3) is 0.238. The Bertz CT molecular complexity index is 967. The van der Waals surface area contributed by atoms with Gasteiger partial charge in [0.2, 0.25) is 5.91 Å². The van der Waals surface area contributed by atoms with E-state index in [-0.39, 0.29) is 24.3 Å². The number of hydrogen-bond donors (Lipinski definition) is 1. The van der Waals surface area contributed by atoms with Crippen LogP contribution in [0.5, 0.6) is 0 Å². The molecule has 2 aromatic rings. The van der Waals surface area contributed by atoms with E-state index in [1.807, 2.05) is 36.4 Å². The topological polar surface area (TPSA) is 82.6 Å². The van der Waals surface area contributed by atoms with Gasteiger partial charge in [-0.05, 0) is 25.0 Å².